The standard InChI is InChI=1S/C12H24N2/c1-9(2)14(8-10-6-7-10)11(13)12(3,4)5/h9-10,13H,6-8H2,1-5H3. The first kappa shape index (κ1) is 11.5. The molecule has 0 atom stereocenters. The van der Waals surface area contributed by atoms with Crippen molar-refractivity contribution in [3.63, 3.8) is 0 Å². The topological polar surface area (TPSA) is 27.1 Å². The Balaban J connectivity index is 2.61. The van der Waals surface area contributed by atoms with Crippen LogP contribution in [-0.2, 0) is 0 Å². The highest BCUT2D eigenvalue weighted by molar-refractivity contribution is 5.84. The molecule has 0 aromatic heterocycles. The lowest BCUT2D eigenvalue weighted by molar-refractivity contribution is 0.300. The van der Waals surface area contributed by atoms with Crippen LogP contribution in [0.15, 0.2) is 0 Å². The monoisotopic (exact) mass is 196 g/mol. The highest BCUT2D eigenvalue weighted by Gasteiger charge is 2.30. The number of hydrogen-bond donors (Lipinski definition) is 1. The molecule has 1 saturated carbocycles. The number of hydrogen-bond acceptors (Lipinski definition) is 1. The molecule has 0 aromatic rings. The molecule has 0 bridgehead atoms. The molecule has 0 aliphatic heterocycles. The Hall–Kier alpha value is -0.530. The van der Waals surface area contributed by atoms with Crippen LogP contribution >= 0.6 is 0 Å². The van der Waals surface area contributed by atoms with Gasteiger partial charge in [0.25, 0.3) is 0 Å². The summed E-state index contributed by atoms with van der Waals surface area (Å²) in [5.41, 5.74) is -0.0147. The van der Waals surface area contributed by atoms with Crippen molar-refractivity contribution in [3.05, 3.63) is 0 Å². The Bertz CT molecular complexity index is 209. The van der Waals surface area contributed by atoms with Gasteiger partial charge in [0.1, 0.15) is 5.84 Å². The Morgan fingerprint density at radius 1 is 1.36 bits per heavy atom. The lowest BCUT2D eigenvalue weighted by Gasteiger charge is -2.35. The minimum Gasteiger partial charge on any atom is -0.357 e. The van der Waals surface area contributed by atoms with Crippen LogP contribution in [0.4, 0.5) is 0 Å². The predicted molar refractivity (Wildman–Crippen MR) is 61.7 cm³/mol. The Labute approximate surface area is 88.2 Å². The molecule has 1 aliphatic carbocycles. The maximum atomic E-state index is 8.17. The number of rotatable bonds is 3. The molecule has 1 rings (SSSR count). The first-order valence-corrected chi connectivity index (χ1v) is 5.68. The summed E-state index contributed by atoms with van der Waals surface area (Å²) in [4.78, 5) is 2.26. The summed E-state index contributed by atoms with van der Waals surface area (Å²) in [6.45, 7) is 11.8. The number of nitrogens with one attached hydrogen (secondary N) is 1. The van der Waals surface area contributed by atoms with Gasteiger partial charge in [0.05, 0.1) is 0 Å². The van der Waals surface area contributed by atoms with Crippen LogP contribution in [0.25, 0.3) is 0 Å². The lowest BCUT2D eigenvalue weighted by Crippen LogP contribution is -2.44. The van der Waals surface area contributed by atoms with Crippen LogP contribution in [0.1, 0.15) is 47.5 Å². The van der Waals surface area contributed by atoms with E-state index in [1.807, 2.05) is 0 Å². The van der Waals surface area contributed by atoms with Crippen LogP contribution in [0.3, 0.4) is 0 Å². The molecule has 2 heteroatoms. The van der Waals surface area contributed by atoms with Gasteiger partial charge in [0.2, 0.25) is 0 Å². The summed E-state index contributed by atoms with van der Waals surface area (Å²) < 4.78 is 0. The molecule has 0 aromatic carbocycles. The molecule has 1 N–H and O–H groups in total. The molecule has 0 heterocycles. The van der Waals surface area contributed by atoms with Gasteiger partial charge >= 0.3 is 0 Å². The maximum Gasteiger partial charge on any atom is 0.101 e. The van der Waals surface area contributed by atoms with E-state index in [2.05, 4.69) is 39.5 Å². The van der Waals surface area contributed by atoms with E-state index in [-0.39, 0.29) is 5.41 Å². The predicted octanol–water partition coefficient (Wildman–Crippen LogP) is 3.13. The zero-order valence-electron chi connectivity index (χ0n) is 10.2. The second-order valence-corrected chi connectivity index (χ2v) is 5.79. The largest absolute Gasteiger partial charge is 0.357 e. The van der Waals surface area contributed by atoms with Gasteiger partial charge in [-0.2, -0.15) is 0 Å². The Morgan fingerprint density at radius 3 is 2.14 bits per heavy atom. The van der Waals surface area contributed by atoms with E-state index in [4.69, 9.17) is 5.41 Å². The van der Waals surface area contributed by atoms with E-state index in [0.717, 1.165) is 18.3 Å². The second-order valence-electron chi connectivity index (χ2n) is 5.79. The fourth-order valence-corrected chi connectivity index (χ4v) is 1.57. The van der Waals surface area contributed by atoms with Crippen molar-refractivity contribution in [1.29, 1.82) is 5.41 Å². The van der Waals surface area contributed by atoms with Crippen molar-refractivity contribution in [2.24, 2.45) is 11.3 Å². The molecule has 0 unspecified atom stereocenters. The fourth-order valence-electron chi connectivity index (χ4n) is 1.57. The van der Waals surface area contributed by atoms with Crippen molar-refractivity contribution in [2.45, 2.75) is 53.5 Å². The van der Waals surface area contributed by atoms with Crippen LogP contribution in [-0.4, -0.2) is 23.3 Å². The molecular weight excluding hydrogens is 172 g/mol. The molecule has 82 valence electrons. The average molecular weight is 196 g/mol. The van der Waals surface area contributed by atoms with E-state index in [1.54, 1.807) is 0 Å². The summed E-state index contributed by atoms with van der Waals surface area (Å²) >= 11 is 0. The van der Waals surface area contributed by atoms with Gasteiger partial charge in [-0.15, -0.1) is 0 Å². The van der Waals surface area contributed by atoms with Crippen molar-refractivity contribution in [3.8, 4) is 0 Å². The smallest absolute Gasteiger partial charge is 0.101 e. The zero-order chi connectivity index (χ0) is 10.9. The van der Waals surface area contributed by atoms with Gasteiger partial charge < -0.3 is 4.90 Å². The van der Waals surface area contributed by atoms with Crippen LogP contribution in [0.2, 0.25) is 0 Å². The van der Waals surface area contributed by atoms with E-state index >= 15 is 0 Å². The zero-order valence-corrected chi connectivity index (χ0v) is 10.2. The Morgan fingerprint density at radius 2 is 1.86 bits per heavy atom. The van der Waals surface area contributed by atoms with Crippen LogP contribution in [0, 0.1) is 16.7 Å². The van der Waals surface area contributed by atoms with Gasteiger partial charge in [-0.1, -0.05) is 20.8 Å². The minimum absolute atomic E-state index is 0.0147. The van der Waals surface area contributed by atoms with E-state index in [1.165, 1.54) is 12.8 Å². The van der Waals surface area contributed by atoms with E-state index < -0.39 is 0 Å². The molecule has 0 spiro atoms. The van der Waals surface area contributed by atoms with Gasteiger partial charge in [-0.3, -0.25) is 5.41 Å². The first-order valence-electron chi connectivity index (χ1n) is 5.68. The third-order valence-electron chi connectivity index (χ3n) is 2.77. The molecular formula is C12H24N2. The summed E-state index contributed by atoms with van der Waals surface area (Å²) in [5, 5.41) is 8.17. The third kappa shape index (κ3) is 3.00. The summed E-state index contributed by atoms with van der Waals surface area (Å²) in [6.07, 6.45) is 2.72. The maximum absolute atomic E-state index is 8.17. The van der Waals surface area contributed by atoms with Gasteiger partial charge in [0.15, 0.2) is 0 Å². The van der Waals surface area contributed by atoms with Gasteiger partial charge in [-0.25, -0.2) is 0 Å². The Kier molecular flexibility index (Phi) is 3.23. The molecule has 14 heavy (non-hydrogen) atoms. The summed E-state index contributed by atoms with van der Waals surface area (Å²) in [7, 11) is 0. The SMILES string of the molecule is CC(C)N(CC1CC1)C(=N)C(C)(C)C. The van der Waals surface area contributed by atoms with Crippen molar-refractivity contribution >= 4 is 5.84 Å². The highest BCUT2D eigenvalue weighted by atomic mass is 15.2. The number of nitrogens with zero attached hydrogens (tertiary/aromatic N) is 1. The lowest BCUT2D eigenvalue weighted by atomic mass is 9.93. The normalized spacial score (nSPS) is 17.3. The quantitative estimate of drug-likeness (QED) is 0.545. The molecule has 0 amide bonds. The second kappa shape index (κ2) is 3.92. The molecule has 1 fully saturated rings. The van der Waals surface area contributed by atoms with E-state index in [0.29, 0.717) is 6.04 Å². The van der Waals surface area contributed by atoms with Gasteiger partial charge in [0, 0.05) is 18.0 Å². The van der Waals surface area contributed by atoms with Crippen molar-refractivity contribution in [1.82, 2.24) is 4.90 Å². The van der Waals surface area contributed by atoms with Gasteiger partial charge in [-0.05, 0) is 32.6 Å². The molecule has 1 aliphatic rings. The van der Waals surface area contributed by atoms with Crippen molar-refractivity contribution in [2.75, 3.05) is 6.54 Å². The molecule has 2 nitrogen and oxygen atoms in total. The number of amidine groups is 1. The molecule has 0 saturated heterocycles. The highest BCUT2D eigenvalue weighted by Crippen LogP contribution is 2.32. The first-order chi connectivity index (χ1) is 6.32. The van der Waals surface area contributed by atoms with Crippen LogP contribution in [0.5, 0.6) is 0 Å². The average Bonchev–Trinajstić information content (AvgIpc) is 2.79. The molecule has 0 radical (unpaired) electrons. The summed E-state index contributed by atoms with van der Waals surface area (Å²) in [6, 6.07) is 0.460. The van der Waals surface area contributed by atoms with Crippen molar-refractivity contribution < 1.29 is 0 Å². The van der Waals surface area contributed by atoms with E-state index in [9.17, 15) is 0 Å². The minimum atomic E-state index is -0.0147. The summed E-state index contributed by atoms with van der Waals surface area (Å²) in [5.74, 6) is 1.65. The third-order valence-corrected chi connectivity index (χ3v) is 2.77. The fraction of sp³-hybridized carbons (Fsp3) is 0.917. The van der Waals surface area contributed by atoms with Crippen LogP contribution < -0.4 is 0 Å².